The maximum Gasteiger partial charge on any atom is 0.305 e. The summed E-state index contributed by atoms with van der Waals surface area (Å²) in [6.07, 6.45) is 0.282. The van der Waals surface area contributed by atoms with Crippen LogP contribution in [0.25, 0.3) is 0 Å². The largest absolute Gasteiger partial charge is 0.490 e. The third-order valence-electron chi connectivity index (χ3n) is 5.78. The lowest BCUT2D eigenvalue weighted by Gasteiger charge is -2.42. The second-order valence-electron chi connectivity index (χ2n) is 7.94. The van der Waals surface area contributed by atoms with Gasteiger partial charge in [-0.05, 0) is 55.3 Å². The maximum absolute atomic E-state index is 13.2. The lowest BCUT2D eigenvalue weighted by molar-refractivity contribution is -0.148. The average Bonchev–Trinajstić information content (AvgIpc) is 2.76. The summed E-state index contributed by atoms with van der Waals surface area (Å²) in [4.78, 5) is 38.4. The standard InChI is InChI=1S/C23H23ClN2O6/c1-26-18-8-7-16(11-21(27)28)32-20(18)12-31-19-9-6-15(10-17(19)23(26)30)25-22(29)13-2-4-14(24)5-3-13/h2-6,9-10,16,18,20H,7-8,11-12H2,1H3,(H,25,29)(H,27,28)/t16-,18+,20+/m0/s1. The number of carbonyl (C=O) groups excluding carboxylic acids is 2. The van der Waals surface area contributed by atoms with Crippen LogP contribution in [0.15, 0.2) is 42.5 Å². The number of fused-ring (bicyclic) bond motifs is 2. The zero-order valence-corrected chi connectivity index (χ0v) is 18.2. The first-order chi connectivity index (χ1) is 15.3. The van der Waals surface area contributed by atoms with Crippen molar-refractivity contribution in [2.75, 3.05) is 19.0 Å². The number of amides is 2. The second kappa shape index (κ2) is 9.18. The third-order valence-corrected chi connectivity index (χ3v) is 6.03. The Labute approximate surface area is 190 Å². The number of hydrogen-bond donors (Lipinski definition) is 2. The number of likely N-dealkylation sites (N-methyl/N-ethyl adjacent to an activating group) is 1. The van der Waals surface area contributed by atoms with E-state index >= 15 is 0 Å². The van der Waals surface area contributed by atoms with Crippen molar-refractivity contribution in [1.82, 2.24) is 4.90 Å². The first-order valence-corrected chi connectivity index (χ1v) is 10.7. The first kappa shape index (κ1) is 22.1. The molecule has 1 fully saturated rings. The molecule has 168 valence electrons. The smallest absolute Gasteiger partial charge is 0.305 e. The monoisotopic (exact) mass is 458 g/mol. The van der Waals surface area contributed by atoms with E-state index in [1.165, 1.54) is 0 Å². The number of anilines is 1. The number of halogens is 1. The normalized spacial score (nSPS) is 22.6. The highest BCUT2D eigenvalue weighted by atomic mass is 35.5. The Hall–Kier alpha value is -3.10. The van der Waals surface area contributed by atoms with E-state index in [1.807, 2.05) is 0 Å². The Morgan fingerprint density at radius 3 is 2.66 bits per heavy atom. The van der Waals surface area contributed by atoms with Crippen molar-refractivity contribution >= 4 is 35.1 Å². The third kappa shape index (κ3) is 4.71. The molecule has 0 radical (unpaired) electrons. The summed E-state index contributed by atoms with van der Waals surface area (Å²) in [6, 6.07) is 11.2. The highest BCUT2D eigenvalue weighted by molar-refractivity contribution is 6.30. The van der Waals surface area contributed by atoms with Crippen molar-refractivity contribution in [1.29, 1.82) is 0 Å². The minimum Gasteiger partial charge on any atom is -0.490 e. The summed E-state index contributed by atoms with van der Waals surface area (Å²) >= 11 is 5.87. The van der Waals surface area contributed by atoms with Crippen LogP contribution in [0.4, 0.5) is 5.69 Å². The molecule has 0 saturated carbocycles. The Morgan fingerprint density at radius 2 is 1.94 bits per heavy atom. The van der Waals surface area contributed by atoms with Gasteiger partial charge in [0.25, 0.3) is 11.8 Å². The fourth-order valence-corrected chi connectivity index (χ4v) is 4.23. The molecule has 2 aromatic rings. The molecule has 2 heterocycles. The molecule has 0 bridgehead atoms. The number of ether oxygens (including phenoxy) is 2. The van der Waals surface area contributed by atoms with Gasteiger partial charge < -0.3 is 24.8 Å². The van der Waals surface area contributed by atoms with Crippen molar-refractivity contribution in [2.24, 2.45) is 0 Å². The molecule has 9 heteroatoms. The SMILES string of the molecule is CN1C(=O)c2cc(NC(=O)c3ccc(Cl)cc3)ccc2OC[C@H]2O[C@H](CC(=O)O)CC[C@H]21. The quantitative estimate of drug-likeness (QED) is 0.727. The van der Waals surface area contributed by atoms with Crippen molar-refractivity contribution in [3.63, 3.8) is 0 Å². The van der Waals surface area contributed by atoms with Crippen LogP contribution >= 0.6 is 11.6 Å². The Morgan fingerprint density at radius 1 is 1.19 bits per heavy atom. The van der Waals surface area contributed by atoms with E-state index in [1.54, 1.807) is 54.4 Å². The predicted octanol–water partition coefficient (Wildman–Crippen LogP) is 3.45. The summed E-state index contributed by atoms with van der Waals surface area (Å²) in [5.74, 6) is -1.10. The number of benzene rings is 2. The van der Waals surface area contributed by atoms with Gasteiger partial charge >= 0.3 is 5.97 Å². The zero-order chi connectivity index (χ0) is 22.8. The lowest BCUT2D eigenvalue weighted by atomic mass is 9.94. The number of carboxylic acid groups (broad SMARTS) is 1. The average molecular weight is 459 g/mol. The fraction of sp³-hybridized carbons (Fsp3) is 0.348. The van der Waals surface area contributed by atoms with Gasteiger partial charge in [0.1, 0.15) is 18.5 Å². The summed E-state index contributed by atoms with van der Waals surface area (Å²) in [7, 11) is 1.70. The first-order valence-electron chi connectivity index (χ1n) is 10.3. The highest BCUT2D eigenvalue weighted by Crippen LogP contribution is 2.32. The molecular weight excluding hydrogens is 436 g/mol. The fourth-order valence-electron chi connectivity index (χ4n) is 4.10. The van der Waals surface area contributed by atoms with Crippen LogP contribution in [0.3, 0.4) is 0 Å². The molecule has 2 N–H and O–H groups in total. The lowest BCUT2D eigenvalue weighted by Crippen LogP contribution is -2.53. The highest BCUT2D eigenvalue weighted by Gasteiger charge is 2.39. The summed E-state index contributed by atoms with van der Waals surface area (Å²) in [6.45, 7) is 0.196. The number of hydrogen-bond acceptors (Lipinski definition) is 5. The molecule has 32 heavy (non-hydrogen) atoms. The number of carbonyl (C=O) groups is 3. The van der Waals surface area contributed by atoms with Crippen molar-refractivity contribution in [3.8, 4) is 5.75 Å². The van der Waals surface area contributed by atoms with Crippen LogP contribution in [-0.2, 0) is 9.53 Å². The van der Waals surface area contributed by atoms with E-state index in [-0.39, 0.29) is 30.9 Å². The molecular formula is C23H23ClN2O6. The Bertz CT molecular complexity index is 1040. The van der Waals surface area contributed by atoms with Crippen molar-refractivity contribution in [2.45, 2.75) is 37.5 Å². The molecule has 2 amide bonds. The Kier molecular flexibility index (Phi) is 6.34. The number of aliphatic carboxylic acids is 1. The Balaban J connectivity index is 1.53. The van der Waals surface area contributed by atoms with Gasteiger partial charge in [0, 0.05) is 23.3 Å². The number of carboxylic acids is 1. The molecule has 3 atom stereocenters. The molecule has 2 aliphatic heterocycles. The van der Waals surface area contributed by atoms with Crippen LogP contribution < -0.4 is 10.1 Å². The van der Waals surface area contributed by atoms with Gasteiger partial charge in [-0.2, -0.15) is 0 Å². The summed E-state index contributed by atoms with van der Waals surface area (Å²) in [5, 5.41) is 12.4. The molecule has 2 aromatic carbocycles. The molecule has 0 aliphatic carbocycles. The van der Waals surface area contributed by atoms with Gasteiger partial charge in [0.2, 0.25) is 0 Å². The molecule has 0 spiro atoms. The summed E-state index contributed by atoms with van der Waals surface area (Å²) in [5.41, 5.74) is 1.25. The van der Waals surface area contributed by atoms with Crippen LogP contribution in [0.5, 0.6) is 5.75 Å². The topological polar surface area (TPSA) is 105 Å². The van der Waals surface area contributed by atoms with Gasteiger partial charge in [-0.15, -0.1) is 0 Å². The number of rotatable bonds is 4. The number of nitrogens with one attached hydrogen (secondary N) is 1. The summed E-state index contributed by atoms with van der Waals surface area (Å²) < 4.78 is 11.8. The minimum atomic E-state index is -0.914. The van der Waals surface area contributed by atoms with Gasteiger partial charge in [-0.3, -0.25) is 14.4 Å². The minimum absolute atomic E-state index is 0.0753. The molecule has 1 saturated heterocycles. The van der Waals surface area contributed by atoms with E-state index in [0.29, 0.717) is 40.4 Å². The zero-order valence-electron chi connectivity index (χ0n) is 17.4. The van der Waals surface area contributed by atoms with Crippen LogP contribution in [-0.4, -0.2) is 59.7 Å². The number of nitrogens with zero attached hydrogens (tertiary/aromatic N) is 1. The van der Waals surface area contributed by atoms with E-state index in [9.17, 15) is 14.4 Å². The van der Waals surface area contributed by atoms with E-state index < -0.39 is 18.2 Å². The molecule has 2 aliphatic rings. The molecule has 0 aromatic heterocycles. The molecule has 4 rings (SSSR count). The van der Waals surface area contributed by atoms with E-state index in [2.05, 4.69) is 5.32 Å². The van der Waals surface area contributed by atoms with Gasteiger partial charge in [0.05, 0.1) is 24.1 Å². The molecule has 0 unspecified atom stereocenters. The maximum atomic E-state index is 13.2. The second-order valence-corrected chi connectivity index (χ2v) is 8.37. The van der Waals surface area contributed by atoms with Gasteiger partial charge in [-0.25, -0.2) is 0 Å². The van der Waals surface area contributed by atoms with Crippen LogP contribution in [0.2, 0.25) is 5.02 Å². The van der Waals surface area contributed by atoms with Crippen LogP contribution in [0, 0.1) is 0 Å². The van der Waals surface area contributed by atoms with Gasteiger partial charge in [0.15, 0.2) is 0 Å². The van der Waals surface area contributed by atoms with E-state index in [4.69, 9.17) is 26.2 Å². The van der Waals surface area contributed by atoms with E-state index in [0.717, 1.165) is 0 Å². The van der Waals surface area contributed by atoms with Crippen molar-refractivity contribution < 1.29 is 29.0 Å². The van der Waals surface area contributed by atoms with Crippen molar-refractivity contribution in [3.05, 3.63) is 58.6 Å². The van der Waals surface area contributed by atoms with Crippen LogP contribution in [0.1, 0.15) is 40.0 Å². The predicted molar refractivity (Wildman–Crippen MR) is 117 cm³/mol. The molecule has 8 nitrogen and oxygen atoms in total. The van der Waals surface area contributed by atoms with Gasteiger partial charge in [-0.1, -0.05) is 11.6 Å².